The standard InChI is InChI=1S/C23H18N2O3S3/c1-12-7-6-10-15-17(12)23(2,3)18-21(30-31-22(18)29)25(15)16(26)11-24-19(27)13-8-4-5-9-14(13)20(24)28/h4-10H,11H2,1-3H3. The van der Waals surface area contributed by atoms with Gasteiger partial charge in [0.1, 0.15) is 15.4 Å². The second kappa shape index (κ2) is 6.91. The quantitative estimate of drug-likeness (QED) is 0.286. The molecule has 31 heavy (non-hydrogen) atoms. The summed E-state index contributed by atoms with van der Waals surface area (Å²) >= 11 is 5.63. The Labute approximate surface area is 191 Å². The minimum atomic E-state index is -0.436. The van der Waals surface area contributed by atoms with E-state index >= 15 is 0 Å². The van der Waals surface area contributed by atoms with Gasteiger partial charge in [-0.05, 0) is 36.2 Å². The molecule has 2 aliphatic rings. The zero-order chi connectivity index (χ0) is 22.1. The van der Waals surface area contributed by atoms with E-state index < -0.39 is 11.8 Å². The maximum absolute atomic E-state index is 13.6. The normalized spacial score (nSPS) is 16.2. The van der Waals surface area contributed by atoms with E-state index in [-0.39, 0.29) is 17.9 Å². The van der Waals surface area contributed by atoms with Crippen molar-refractivity contribution in [2.45, 2.75) is 26.2 Å². The number of imide groups is 1. The van der Waals surface area contributed by atoms with Crippen LogP contribution >= 0.6 is 32.9 Å². The van der Waals surface area contributed by atoms with E-state index in [1.807, 2.05) is 25.1 Å². The summed E-state index contributed by atoms with van der Waals surface area (Å²) in [7, 11) is 2.93. The molecular weight excluding hydrogens is 448 g/mol. The fourth-order valence-corrected chi connectivity index (χ4v) is 7.92. The molecule has 0 unspecified atom stereocenters. The van der Waals surface area contributed by atoms with Crippen molar-refractivity contribution >= 4 is 61.3 Å². The Hall–Kier alpha value is -2.68. The highest BCUT2D eigenvalue weighted by molar-refractivity contribution is 7.80. The SMILES string of the molecule is Cc1cccc2c1C(C)(C)c1c(ssc1=S)N2C(=O)CN1C(=O)c2ccccc2C1=O. The van der Waals surface area contributed by atoms with Gasteiger partial charge in [0.15, 0.2) is 0 Å². The van der Waals surface area contributed by atoms with Crippen molar-refractivity contribution in [3.63, 3.8) is 0 Å². The van der Waals surface area contributed by atoms with Crippen molar-refractivity contribution in [1.82, 2.24) is 4.90 Å². The van der Waals surface area contributed by atoms with Crippen LogP contribution in [0.4, 0.5) is 10.7 Å². The Morgan fingerprint density at radius 1 is 0.968 bits per heavy atom. The first-order chi connectivity index (χ1) is 14.7. The van der Waals surface area contributed by atoms with Crippen LogP contribution in [0.1, 0.15) is 51.3 Å². The fraction of sp³-hybridized carbons (Fsp3) is 0.217. The van der Waals surface area contributed by atoms with E-state index in [1.165, 1.54) is 20.7 Å². The maximum atomic E-state index is 13.6. The maximum Gasteiger partial charge on any atom is 0.262 e. The summed E-state index contributed by atoms with van der Waals surface area (Å²) in [5.41, 5.74) is 4.16. The first-order valence-electron chi connectivity index (χ1n) is 9.75. The molecular formula is C23H18N2O3S3. The highest BCUT2D eigenvalue weighted by atomic mass is 32.9. The van der Waals surface area contributed by atoms with Crippen LogP contribution in [0.15, 0.2) is 42.5 Å². The highest BCUT2D eigenvalue weighted by Crippen LogP contribution is 2.54. The summed E-state index contributed by atoms with van der Waals surface area (Å²) in [5.74, 6) is -1.20. The molecule has 5 rings (SSSR count). The summed E-state index contributed by atoms with van der Waals surface area (Å²) in [5, 5.41) is 0.778. The second-order valence-electron chi connectivity index (χ2n) is 8.20. The minimum Gasteiger partial charge on any atom is -0.272 e. The summed E-state index contributed by atoms with van der Waals surface area (Å²) in [6, 6.07) is 12.5. The Bertz CT molecular complexity index is 1320. The molecule has 3 amide bonds. The second-order valence-corrected chi connectivity index (χ2v) is 11.0. The molecule has 0 N–H and O–H groups in total. The Kier molecular flexibility index (Phi) is 4.51. The average Bonchev–Trinajstić information content (AvgIpc) is 3.22. The van der Waals surface area contributed by atoms with Crippen LogP contribution in [0.25, 0.3) is 0 Å². The molecule has 156 valence electrons. The molecule has 3 aromatic rings. The van der Waals surface area contributed by atoms with Gasteiger partial charge >= 0.3 is 0 Å². The van der Waals surface area contributed by atoms with Gasteiger partial charge in [-0.3, -0.25) is 24.2 Å². The monoisotopic (exact) mass is 466 g/mol. The van der Waals surface area contributed by atoms with Gasteiger partial charge in [0, 0.05) is 11.0 Å². The van der Waals surface area contributed by atoms with Crippen LogP contribution in [-0.4, -0.2) is 29.2 Å². The number of carbonyl (C=O) groups is 3. The van der Waals surface area contributed by atoms with Gasteiger partial charge in [0.25, 0.3) is 17.7 Å². The van der Waals surface area contributed by atoms with Gasteiger partial charge in [-0.1, -0.05) is 71.0 Å². The number of amides is 3. The van der Waals surface area contributed by atoms with E-state index in [0.717, 1.165) is 36.1 Å². The van der Waals surface area contributed by atoms with Gasteiger partial charge in [0.2, 0.25) is 0 Å². The Balaban J connectivity index is 1.60. The lowest BCUT2D eigenvalue weighted by atomic mass is 9.74. The lowest BCUT2D eigenvalue weighted by Crippen LogP contribution is -2.43. The molecule has 0 fully saturated rings. The van der Waals surface area contributed by atoms with Crippen molar-refractivity contribution < 1.29 is 14.4 Å². The number of anilines is 2. The van der Waals surface area contributed by atoms with Gasteiger partial charge < -0.3 is 0 Å². The van der Waals surface area contributed by atoms with Gasteiger partial charge in [-0.15, -0.1) is 0 Å². The molecule has 2 aromatic carbocycles. The van der Waals surface area contributed by atoms with Crippen molar-refractivity contribution in [3.05, 3.63) is 74.1 Å². The Morgan fingerprint density at radius 2 is 1.61 bits per heavy atom. The van der Waals surface area contributed by atoms with Crippen LogP contribution in [0.5, 0.6) is 0 Å². The van der Waals surface area contributed by atoms with Gasteiger partial charge in [-0.2, -0.15) is 0 Å². The van der Waals surface area contributed by atoms with Crippen molar-refractivity contribution in [1.29, 1.82) is 0 Å². The molecule has 8 heteroatoms. The number of aryl methyl sites for hydroxylation is 1. The smallest absolute Gasteiger partial charge is 0.262 e. The number of hydrogen-bond acceptors (Lipinski definition) is 6. The first-order valence-corrected chi connectivity index (χ1v) is 12.3. The summed E-state index contributed by atoms with van der Waals surface area (Å²) in [6.45, 7) is 5.95. The predicted octanol–water partition coefficient (Wildman–Crippen LogP) is 5.45. The average molecular weight is 467 g/mol. The largest absolute Gasteiger partial charge is 0.272 e. The van der Waals surface area contributed by atoms with E-state index in [9.17, 15) is 14.4 Å². The molecule has 0 saturated heterocycles. The molecule has 5 nitrogen and oxygen atoms in total. The number of rotatable bonds is 2. The van der Waals surface area contributed by atoms with Crippen LogP contribution in [0.2, 0.25) is 0 Å². The van der Waals surface area contributed by atoms with E-state index in [0.29, 0.717) is 11.1 Å². The zero-order valence-electron chi connectivity index (χ0n) is 17.1. The summed E-state index contributed by atoms with van der Waals surface area (Å²) in [6.07, 6.45) is 0. The molecule has 0 saturated carbocycles. The molecule has 1 aromatic heterocycles. The Morgan fingerprint density at radius 3 is 2.26 bits per heavy atom. The van der Waals surface area contributed by atoms with Crippen LogP contribution in [0, 0.1) is 10.7 Å². The van der Waals surface area contributed by atoms with Crippen molar-refractivity contribution in [2.75, 3.05) is 11.4 Å². The van der Waals surface area contributed by atoms with Crippen molar-refractivity contribution in [2.24, 2.45) is 0 Å². The number of nitrogens with zero attached hydrogens (tertiary/aromatic N) is 2. The number of carbonyl (C=O) groups excluding carboxylic acids is 3. The molecule has 0 spiro atoms. The predicted molar refractivity (Wildman–Crippen MR) is 125 cm³/mol. The molecule has 0 atom stereocenters. The van der Waals surface area contributed by atoms with Crippen LogP contribution in [-0.2, 0) is 10.2 Å². The number of hydrogen-bond donors (Lipinski definition) is 0. The molecule has 0 aliphatic carbocycles. The van der Waals surface area contributed by atoms with E-state index in [4.69, 9.17) is 12.2 Å². The molecule has 0 radical (unpaired) electrons. The topological polar surface area (TPSA) is 57.7 Å². The third kappa shape index (κ3) is 2.78. The minimum absolute atomic E-state index is 0.324. The lowest BCUT2D eigenvalue weighted by Gasteiger charge is -2.39. The number of fused-ring (bicyclic) bond motifs is 3. The van der Waals surface area contributed by atoms with Crippen molar-refractivity contribution in [3.8, 4) is 0 Å². The molecule has 2 aliphatic heterocycles. The van der Waals surface area contributed by atoms with E-state index in [1.54, 1.807) is 29.2 Å². The molecule has 0 bridgehead atoms. The molecule has 3 heterocycles. The summed E-state index contributed by atoms with van der Waals surface area (Å²) < 4.78 is 0.762. The third-order valence-electron chi connectivity index (χ3n) is 5.98. The van der Waals surface area contributed by atoms with E-state index in [2.05, 4.69) is 13.8 Å². The van der Waals surface area contributed by atoms with Gasteiger partial charge in [-0.25, -0.2) is 0 Å². The third-order valence-corrected chi connectivity index (χ3v) is 8.96. The number of benzene rings is 2. The van der Waals surface area contributed by atoms with Crippen LogP contribution in [0.3, 0.4) is 0 Å². The van der Waals surface area contributed by atoms with Crippen LogP contribution < -0.4 is 4.90 Å². The summed E-state index contributed by atoms with van der Waals surface area (Å²) in [4.78, 5) is 41.9. The first kappa shape index (κ1) is 20.2. The lowest BCUT2D eigenvalue weighted by molar-refractivity contribution is -0.118. The fourth-order valence-electron chi connectivity index (χ4n) is 4.64. The zero-order valence-corrected chi connectivity index (χ0v) is 19.5. The van der Waals surface area contributed by atoms with Gasteiger partial charge in [0.05, 0.1) is 16.8 Å². The highest BCUT2D eigenvalue weighted by Gasteiger charge is 2.44.